The molecule has 2 atom stereocenters. The highest BCUT2D eigenvalue weighted by atomic mass is 79.9. The first kappa shape index (κ1) is 12.8. The highest BCUT2D eigenvalue weighted by molar-refractivity contribution is 9.09. The zero-order valence-corrected chi connectivity index (χ0v) is 11.5. The normalized spacial score (nSPS) is 33.5. The van der Waals surface area contributed by atoms with Crippen molar-refractivity contribution in [3.8, 4) is 0 Å². The van der Waals surface area contributed by atoms with Crippen LogP contribution >= 0.6 is 15.9 Å². The van der Waals surface area contributed by atoms with E-state index in [2.05, 4.69) is 22.5 Å². The van der Waals surface area contributed by atoms with E-state index >= 15 is 0 Å². The number of Topliss-reactive ketones (excluding diaryl/α,β-unsaturated/α-hetero) is 1. The number of hydrogen-bond acceptors (Lipinski definition) is 2. The highest BCUT2D eigenvalue weighted by Crippen LogP contribution is 2.46. The van der Waals surface area contributed by atoms with Crippen LogP contribution in [0.5, 0.6) is 0 Å². The van der Waals surface area contributed by atoms with Gasteiger partial charge in [-0.1, -0.05) is 28.4 Å². The Labute approximate surface area is 110 Å². The van der Waals surface area contributed by atoms with Gasteiger partial charge in [-0.2, -0.15) is 0 Å². The summed E-state index contributed by atoms with van der Waals surface area (Å²) in [6.45, 7) is 4.91. The van der Waals surface area contributed by atoms with Crippen molar-refractivity contribution in [1.82, 2.24) is 4.90 Å². The van der Waals surface area contributed by atoms with Crippen molar-refractivity contribution in [1.29, 1.82) is 0 Å². The fraction of sp³-hybridized carbons (Fsp3) is 0.692. The third kappa shape index (κ3) is 1.86. The number of carbonyl (C=O) groups excluding carboxylic acids is 2. The summed E-state index contributed by atoms with van der Waals surface area (Å²) in [4.78, 5) is 26.5. The van der Waals surface area contributed by atoms with Crippen LogP contribution < -0.4 is 0 Å². The van der Waals surface area contributed by atoms with E-state index in [1.807, 2.05) is 0 Å². The van der Waals surface area contributed by atoms with Gasteiger partial charge in [0.25, 0.3) is 0 Å². The summed E-state index contributed by atoms with van der Waals surface area (Å²) in [5.41, 5.74) is -0.718. The quantitative estimate of drug-likeness (QED) is 0.455. The molecule has 2 aliphatic rings. The minimum atomic E-state index is -0.718. The number of nitrogens with zero attached hydrogens (tertiary/aromatic N) is 1. The molecule has 1 saturated carbocycles. The van der Waals surface area contributed by atoms with Crippen LogP contribution in [0.2, 0.25) is 0 Å². The lowest BCUT2D eigenvalue weighted by molar-refractivity contribution is -0.147. The number of rotatable bonds is 3. The van der Waals surface area contributed by atoms with Gasteiger partial charge < -0.3 is 4.90 Å². The van der Waals surface area contributed by atoms with E-state index in [-0.39, 0.29) is 17.6 Å². The van der Waals surface area contributed by atoms with E-state index in [4.69, 9.17) is 0 Å². The van der Waals surface area contributed by atoms with E-state index in [9.17, 15) is 9.59 Å². The number of amides is 1. The van der Waals surface area contributed by atoms with Crippen LogP contribution in [0.15, 0.2) is 12.7 Å². The van der Waals surface area contributed by atoms with Crippen molar-refractivity contribution < 1.29 is 9.59 Å². The molecule has 1 heterocycles. The van der Waals surface area contributed by atoms with Crippen LogP contribution in [-0.2, 0) is 9.59 Å². The van der Waals surface area contributed by atoms with Gasteiger partial charge in [0.05, 0.1) is 0 Å². The molecule has 0 N–H and O–H groups in total. The van der Waals surface area contributed by atoms with Gasteiger partial charge in [0, 0.05) is 30.8 Å². The van der Waals surface area contributed by atoms with Gasteiger partial charge in [-0.05, 0) is 12.8 Å². The van der Waals surface area contributed by atoms with Crippen LogP contribution in [0.3, 0.4) is 0 Å². The lowest BCUT2D eigenvalue weighted by Gasteiger charge is -2.33. The Morgan fingerprint density at radius 1 is 1.47 bits per heavy atom. The van der Waals surface area contributed by atoms with Crippen molar-refractivity contribution in [3.63, 3.8) is 0 Å². The van der Waals surface area contributed by atoms with Crippen LogP contribution in [0.25, 0.3) is 0 Å². The monoisotopic (exact) mass is 299 g/mol. The highest BCUT2D eigenvalue weighted by Gasteiger charge is 2.57. The summed E-state index contributed by atoms with van der Waals surface area (Å²) in [7, 11) is 0. The van der Waals surface area contributed by atoms with E-state index in [1.54, 1.807) is 11.0 Å². The number of alkyl halides is 1. The van der Waals surface area contributed by atoms with E-state index < -0.39 is 5.41 Å². The van der Waals surface area contributed by atoms with E-state index in [0.717, 1.165) is 24.6 Å². The summed E-state index contributed by atoms with van der Waals surface area (Å²) in [6.07, 6.45) is 4.95. The predicted octanol–water partition coefficient (Wildman–Crippen LogP) is 2.16. The number of likely N-dealkylation sites (tertiary alicyclic amines) is 1. The molecule has 1 aliphatic heterocycles. The zero-order valence-electron chi connectivity index (χ0n) is 9.95. The van der Waals surface area contributed by atoms with Crippen LogP contribution in [0, 0.1) is 11.3 Å². The molecule has 94 valence electrons. The molecule has 3 nitrogen and oxygen atoms in total. The molecule has 1 aliphatic carbocycles. The lowest BCUT2D eigenvalue weighted by Crippen LogP contribution is -2.46. The molecule has 17 heavy (non-hydrogen) atoms. The first-order chi connectivity index (χ1) is 8.16. The molecule has 0 aromatic rings. The molecule has 2 fully saturated rings. The van der Waals surface area contributed by atoms with Gasteiger partial charge >= 0.3 is 0 Å². The second-order valence-electron chi connectivity index (χ2n) is 4.95. The first-order valence-electron chi connectivity index (χ1n) is 6.16. The third-order valence-electron chi connectivity index (χ3n) is 4.06. The molecule has 0 bridgehead atoms. The maximum Gasteiger partial charge on any atom is 0.236 e. The standard InChI is InChI=1S/C13H18BrNO2/c1-2-7-15-9-10(8-14)13(12(15)17)6-4-3-5-11(13)16/h2,10H,1,3-9H2/t10-,13-/m0/s1. The lowest BCUT2D eigenvalue weighted by atomic mass is 9.67. The van der Waals surface area contributed by atoms with Crippen molar-refractivity contribution in [2.75, 3.05) is 18.4 Å². The maximum atomic E-state index is 12.5. The Bertz CT molecular complexity index is 355. The SMILES string of the molecule is C=CCN1C[C@H](CBr)[C@]2(CCCCC2=O)C1=O. The Morgan fingerprint density at radius 2 is 2.24 bits per heavy atom. The Hall–Kier alpha value is -0.640. The minimum Gasteiger partial charge on any atom is -0.338 e. The largest absolute Gasteiger partial charge is 0.338 e. The summed E-state index contributed by atoms with van der Waals surface area (Å²) in [5, 5.41) is 0.720. The average molecular weight is 300 g/mol. The molecule has 4 heteroatoms. The minimum absolute atomic E-state index is 0.0338. The van der Waals surface area contributed by atoms with Gasteiger partial charge in [0.2, 0.25) is 5.91 Å². The summed E-state index contributed by atoms with van der Waals surface area (Å²) < 4.78 is 0. The van der Waals surface area contributed by atoms with Crippen molar-refractivity contribution in [3.05, 3.63) is 12.7 Å². The molecule has 0 radical (unpaired) electrons. The van der Waals surface area contributed by atoms with E-state index in [0.29, 0.717) is 19.5 Å². The second kappa shape index (κ2) is 4.92. The molecule has 0 aromatic heterocycles. The number of halogens is 1. The molecule has 0 aromatic carbocycles. The fourth-order valence-corrected chi connectivity index (χ4v) is 3.92. The number of carbonyl (C=O) groups is 2. The van der Waals surface area contributed by atoms with Crippen molar-refractivity contribution in [2.45, 2.75) is 25.7 Å². The summed E-state index contributed by atoms with van der Waals surface area (Å²) >= 11 is 3.46. The molecule has 1 amide bonds. The van der Waals surface area contributed by atoms with Gasteiger partial charge in [0.15, 0.2) is 0 Å². The van der Waals surface area contributed by atoms with Gasteiger partial charge in [-0.3, -0.25) is 9.59 Å². The molecular weight excluding hydrogens is 282 g/mol. The Kier molecular flexibility index (Phi) is 3.71. The topological polar surface area (TPSA) is 37.4 Å². The maximum absolute atomic E-state index is 12.5. The molecular formula is C13H18BrNO2. The van der Waals surface area contributed by atoms with Gasteiger partial charge in [-0.15, -0.1) is 6.58 Å². The molecule has 1 spiro atoms. The average Bonchev–Trinajstić information content (AvgIpc) is 2.59. The smallest absolute Gasteiger partial charge is 0.236 e. The van der Waals surface area contributed by atoms with E-state index in [1.165, 1.54) is 0 Å². The van der Waals surface area contributed by atoms with Crippen molar-refractivity contribution in [2.24, 2.45) is 11.3 Å². The van der Waals surface area contributed by atoms with Gasteiger partial charge in [-0.25, -0.2) is 0 Å². The van der Waals surface area contributed by atoms with Crippen LogP contribution in [-0.4, -0.2) is 35.0 Å². The van der Waals surface area contributed by atoms with Crippen molar-refractivity contribution >= 4 is 27.6 Å². The third-order valence-corrected chi connectivity index (χ3v) is 4.85. The second-order valence-corrected chi connectivity index (χ2v) is 5.60. The molecule has 1 saturated heterocycles. The van der Waals surface area contributed by atoms with Gasteiger partial charge in [0.1, 0.15) is 11.2 Å². The fourth-order valence-electron chi connectivity index (χ4n) is 3.17. The predicted molar refractivity (Wildman–Crippen MR) is 70.0 cm³/mol. The van der Waals surface area contributed by atoms with Crippen LogP contribution in [0.1, 0.15) is 25.7 Å². The summed E-state index contributed by atoms with van der Waals surface area (Å²) in [6, 6.07) is 0. The molecule has 0 unspecified atom stereocenters. The Balaban J connectivity index is 2.32. The molecule has 2 rings (SSSR count). The summed E-state index contributed by atoms with van der Waals surface area (Å²) in [5.74, 6) is 0.319. The Morgan fingerprint density at radius 3 is 2.82 bits per heavy atom. The zero-order chi connectivity index (χ0) is 12.5. The number of hydrogen-bond donors (Lipinski definition) is 0. The number of ketones is 1. The first-order valence-corrected chi connectivity index (χ1v) is 7.28. The van der Waals surface area contributed by atoms with Crippen LogP contribution in [0.4, 0.5) is 0 Å².